The fraction of sp³-hybridized carbons (Fsp3) is 0.667. The number of thiocarbonyl (C=S) groups is 6. The molecule has 2 aliphatic rings. The minimum absolute atomic E-state index is 0.610. The van der Waals surface area contributed by atoms with Gasteiger partial charge in [-0.15, -0.1) is 0 Å². The molecule has 0 aromatic heterocycles. The second kappa shape index (κ2) is 16.1. The quantitative estimate of drug-likeness (QED) is 0.212. The molecule has 2 rings (SSSR count). The van der Waals surface area contributed by atoms with Crippen molar-refractivity contribution < 1.29 is 0 Å². The van der Waals surface area contributed by atoms with Gasteiger partial charge in [-0.25, -0.2) is 0 Å². The molecule has 0 nitrogen and oxygen atoms in total. The Morgan fingerprint density at radius 2 is 1.10 bits per heavy atom. The number of hydrogen-bond acceptors (Lipinski definition) is 9. The summed E-state index contributed by atoms with van der Waals surface area (Å²) in [5, 5.41) is 0. The van der Waals surface area contributed by atoms with E-state index < -0.39 is 46.5 Å². The van der Waals surface area contributed by atoms with Crippen LogP contribution in [-0.4, -0.2) is 91.7 Å². The second-order valence-corrected chi connectivity index (χ2v) is 26.8. The summed E-state index contributed by atoms with van der Waals surface area (Å²) in [6.45, 7) is 0. The van der Waals surface area contributed by atoms with Crippen LogP contribution in [0.15, 0.2) is 0 Å². The average molecular weight is 945 g/mol. The molecule has 0 bridgehead atoms. The molecular formula is C18H22Bi2S9. The molecule has 2 radical (unpaired) electrons. The third kappa shape index (κ3) is 12.0. The molecule has 2 aliphatic heterocycles. The van der Waals surface area contributed by atoms with E-state index in [0.29, 0.717) is 5.92 Å². The van der Waals surface area contributed by atoms with Crippen molar-refractivity contribution in [3.63, 3.8) is 0 Å². The van der Waals surface area contributed by atoms with Gasteiger partial charge in [0.1, 0.15) is 0 Å². The van der Waals surface area contributed by atoms with Gasteiger partial charge in [-0.3, -0.25) is 0 Å². The Morgan fingerprint density at radius 1 is 0.690 bits per heavy atom. The van der Waals surface area contributed by atoms with Crippen LogP contribution in [0.3, 0.4) is 0 Å². The second-order valence-electron chi connectivity index (χ2n) is 6.50. The molecule has 0 aromatic rings. The standard InChI is InChI=1S/C18H22S9.2Bi/c1-3-13(19)5-7-15(21)9-25-11-17(23)27-18(24)12-26-10-16(22)8-6-14(20)4-2;;/h9-10H,1-8,11-12H2;;. The first-order chi connectivity index (χ1) is 13.8. The summed E-state index contributed by atoms with van der Waals surface area (Å²) in [5.41, 5.74) is 0. The normalized spacial score (nSPS) is 24.4. The number of rotatable bonds is 6. The molecular weight excluding hydrogens is 923 g/mol. The van der Waals surface area contributed by atoms with Crippen molar-refractivity contribution in [3.05, 3.63) is 0 Å². The van der Waals surface area contributed by atoms with E-state index in [4.69, 9.17) is 73.3 Å². The van der Waals surface area contributed by atoms with E-state index in [-0.39, 0.29) is 0 Å². The van der Waals surface area contributed by atoms with Crippen LogP contribution in [0.25, 0.3) is 0 Å². The molecule has 0 aromatic carbocycles. The zero-order valence-electron chi connectivity index (χ0n) is 15.8. The first-order valence-electron chi connectivity index (χ1n) is 9.24. The average Bonchev–Trinajstić information content (AvgIpc) is 2.66. The monoisotopic (exact) mass is 944 g/mol. The fourth-order valence-corrected chi connectivity index (χ4v) is 23.4. The molecule has 0 aliphatic carbocycles. The van der Waals surface area contributed by atoms with Gasteiger partial charge in [-0.05, 0) is 0 Å². The van der Waals surface area contributed by atoms with E-state index in [9.17, 15) is 0 Å². The summed E-state index contributed by atoms with van der Waals surface area (Å²) in [5.74, 6) is 1.78. The summed E-state index contributed by atoms with van der Waals surface area (Å²) >= 11 is 37.8. The number of hydrogen-bond donors (Lipinski definition) is 0. The van der Waals surface area contributed by atoms with Crippen LogP contribution in [-0.2, 0) is 0 Å². The third-order valence-electron chi connectivity index (χ3n) is 4.17. The molecule has 0 spiro atoms. The molecule has 158 valence electrons. The van der Waals surface area contributed by atoms with Gasteiger partial charge in [0.25, 0.3) is 0 Å². The van der Waals surface area contributed by atoms with Crippen molar-refractivity contribution in [1.82, 2.24) is 0 Å². The Kier molecular flexibility index (Phi) is 15.9. The van der Waals surface area contributed by atoms with E-state index in [1.54, 1.807) is 11.8 Å². The Morgan fingerprint density at radius 3 is 1.52 bits per heavy atom. The van der Waals surface area contributed by atoms with Gasteiger partial charge in [0.05, 0.1) is 0 Å². The van der Waals surface area contributed by atoms with Crippen LogP contribution in [0, 0.1) is 0 Å². The summed E-state index contributed by atoms with van der Waals surface area (Å²) in [6.07, 6.45) is 6.30. The van der Waals surface area contributed by atoms with Crippen molar-refractivity contribution in [3.8, 4) is 0 Å². The van der Waals surface area contributed by atoms with E-state index in [0.717, 1.165) is 58.4 Å². The maximum absolute atomic E-state index is 5.69. The Hall–Kier alpha value is 3.36. The molecule has 2 unspecified atom stereocenters. The van der Waals surface area contributed by atoms with Gasteiger partial charge in [-0.2, -0.15) is 0 Å². The van der Waals surface area contributed by atoms with Gasteiger partial charge in [0, 0.05) is 0 Å². The van der Waals surface area contributed by atoms with Crippen molar-refractivity contribution in [2.24, 2.45) is 0 Å². The predicted molar refractivity (Wildman–Crippen MR) is 164 cm³/mol. The van der Waals surface area contributed by atoms with Crippen molar-refractivity contribution in [1.29, 1.82) is 0 Å². The van der Waals surface area contributed by atoms with Gasteiger partial charge < -0.3 is 0 Å². The fourth-order valence-electron chi connectivity index (χ4n) is 2.61. The third-order valence-corrected chi connectivity index (χ3v) is 26.8. The molecule has 0 saturated carbocycles. The molecule has 0 N–H and O–H groups in total. The van der Waals surface area contributed by atoms with Gasteiger partial charge in [-0.1, -0.05) is 0 Å². The maximum atomic E-state index is 5.69. The Balaban J connectivity index is 1.69. The summed E-state index contributed by atoms with van der Waals surface area (Å²) < 4.78 is 5.88. The Bertz CT molecular complexity index is 620. The van der Waals surface area contributed by atoms with E-state index in [1.807, 2.05) is 23.5 Å². The first kappa shape index (κ1) is 28.6. The van der Waals surface area contributed by atoms with Crippen molar-refractivity contribution >= 4 is 183 Å². The predicted octanol–water partition coefficient (Wildman–Crippen LogP) is 6.59. The molecule has 2 heterocycles. The Labute approximate surface area is 243 Å². The van der Waals surface area contributed by atoms with Crippen LogP contribution >= 0.6 is 109 Å². The van der Waals surface area contributed by atoms with Crippen LogP contribution < -0.4 is 0 Å². The van der Waals surface area contributed by atoms with E-state index >= 15 is 0 Å². The topological polar surface area (TPSA) is 0 Å². The SMILES string of the molecule is S=C1C[CH2][Bi][CH](SCC(=S)SC(=S)CS[CH]2[Bi][CH2]CC(=S)CCC2=S)C(=S)CC1. The molecule has 2 atom stereocenters. The van der Waals surface area contributed by atoms with Crippen LogP contribution in [0.5, 0.6) is 0 Å². The molecule has 0 amide bonds. The minimum atomic E-state index is -0.610. The van der Waals surface area contributed by atoms with Gasteiger partial charge in [0.15, 0.2) is 0 Å². The van der Waals surface area contributed by atoms with Crippen LogP contribution in [0.4, 0.5) is 0 Å². The molecule has 2 fully saturated rings. The zero-order valence-corrected chi connectivity index (χ0v) is 30.1. The van der Waals surface area contributed by atoms with Gasteiger partial charge >= 0.3 is 247 Å². The van der Waals surface area contributed by atoms with Crippen LogP contribution in [0.2, 0.25) is 8.26 Å². The zero-order chi connectivity index (χ0) is 21.2. The molecule has 29 heavy (non-hydrogen) atoms. The van der Waals surface area contributed by atoms with Crippen LogP contribution in [0.1, 0.15) is 38.5 Å². The van der Waals surface area contributed by atoms with Crippen molar-refractivity contribution in [2.45, 2.75) is 52.7 Å². The van der Waals surface area contributed by atoms with Gasteiger partial charge in [0.2, 0.25) is 0 Å². The summed E-state index contributed by atoms with van der Waals surface area (Å²) in [6, 6.07) is 0. The molecule has 11 heteroatoms. The molecule has 2 saturated heterocycles. The van der Waals surface area contributed by atoms with E-state index in [2.05, 4.69) is 0 Å². The van der Waals surface area contributed by atoms with E-state index in [1.165, 1.54) is 27.7 Å². The first-order valence-corrected chi connectivity index (χ1v) is 23.5. The van der Waals surface area contributed by atoms with Crippen molar-refractivity contribution in [2.75, 3.05) is 11.5 Å². The summed E-state index contributed by atoms with van der Waals surface area (Å²) in [4.78, 5) is 4.93. The summed E-state index contributed by atoms with van der Waals surface area (Å²) in [7, 11) is 0. The number of thioether (sulfide) groups is 3.